The van der Waals surface area contributed by atoms with E-state index in [0.717, 1.165) is 16.4 Å². The molecule has 0 aliphatic heterocycles. The molecular weight excluding hydrogens is 350 g/mol. The smallest absolute Gasteiger partial charge is 0.346 e. The summed E-state index contributed by atoms with van der Waals surface area (Å²) >= 11 is 0.858. The lowest BCUT2D eigenvalue weighted by Gasteiger charge is -2.12. The number of nitrogen functional groups attached to an aromatic ring is 1. The van der Waals surface area contributed by atoms with Gasteiger partial charge in [-0.25, -0.2) is 9.07 Å². The molecule has 0 saturated heterocycles. The van der Waals surface area contributed by atoms with E-state index < -0.39 is 29.7 Å². The lowest BCUT2D eigenvalue weighted by Crippen LogP contribution is -2.38. The molecule has 0 bridgehead atoms. The molecular formula is C13H13F4N5OS. The van der Waals surface area contributed by atoms with E-state index in [1.807, 2.05) is 0 Å². The van der Waals surface area contributed by atoms with Gasteiger partial charge in [0.25, 0.3) is 0 Å². The van der Waals surface area contributed by atoms with Gasteiger partial charge in [0.1, 0.15) is 12.4 Å². The van der Waals surface area contributed by atoms with Crippen molar-refractivity contribution in [3.8, 4) is 11.4 Å². The molecule has 130 valence electrons. The topological polar surface area (TPSA) is 85.8 Å². The number of hydrogen-bond donors (Lipinski definition) is 2. The van der Waals surface area contributed by atoms with E-state index in [1.54, 1.807) is 5.32 Å². The quantitative estimate of drug-likeness (QED) is 0.482. The molecule has 2 aromatic rings. The van der Waals surface area contributed by atoms with Crippen molar-refractivity contribution in [3.63, 3.8) is 0 Å². The van der Waals surface area contributed by atoms with Crippen LogP contribution in [0.3, 0.4) is 0 Å². The predicted molar refractivity (Wildman–Crippen MR) is 80.0 cm³/mol. The first-order chi connectivity index (χ1) is 11.2. The molecule has 6 nitrogen and oxygen atoms in total. The van der Waals surface area contributed by atoms with Gasteiger partial charge in [0.2, 0.25) is 11.1 Å². The third-order valence-corrected chi connectivity index (χ3v) is 3.94. The van der Waals surface area contributed by atoms with Crippen LogP contribution in [-0.2, 0) is 4.79 Å². The number of halogens is 4. The van der Waals surface area contributed by atoms with Crippen LogP contribution in [0, 0.1) is 5.82 Å². The summed E-state index contributed by atoms with van der Waals surface area (Å²) in [6.45, 7) is 0.00942. The highest BCUT2D eigenvalue weighted by molar-refractivity contribution is 8.00. The fourth-order valence-electron chi connectivity index (χ4n) is 1.70. The van der Waals surface area contributed by atoms with Gasteiger partial charge in [-0.2, -0.15) is 13.2 Å². The van der Waals surface area contributed by atoms with Gasteiger partial charge in [0, 0.05) is 5.56 Å². The highest BCUT2D eigenvalue weighted by Crippen LogP contribution is 2.25. The Labute approximate surface area is 138 Å². The number of thioether (sulfide) groups is 1. The zero-order valence-electron chi connectivity index (χ0n) is 12.3. The third kappa shape index (κ3) is 4.60. The lowest BCUT2D eigenvalue weighted by atomic mass is 10.2. The molecule has 1 heterocycles. The van der Waals surface area contributed by atoms with Crippen molar-refractivity contribution in [3.05, 3.63) is 30.1 Å². The van der Waals surface area contributed by atoms with E-state index in [0.29, 0.717) is 5.56 Å². The molecule has 0 radical (unpaired) electrons. The maximum absolute atomic E-state index is 12.9. The number of alkyl halides is 3. The van der Waals surface area contributed by atoms with Crippen LogP contribution in [-0.4, -0.2) is 38.8 Å². The second-order valence-corrected chi connectivity index (χ2v) is 6.08. The molecule has 0 aliphatic carbocycles. The van der Waals surface area contributed by atoms with Crippen molar-refractivity contribution in [2.24, 2.45) is 0 Å². The van der Waals surface area contributed by atoms with E-state index in [1.165, 1.54) is 31.2 Å². The Morgan fingerprint density at radius 2 is 1.96 bits per heavy atom. The highest BCUT2D eigenvalue weighted by Gasteiger charge is 2.29. The van der Waals surface area contributed by atoms with Crippen molar-refractivity contribution >= 4 is 17.7 Å². The molecule has 0 saturated carbocycles. The highest BCUT2D eigenvalue weighted by atomic mass is 32.2. The molecule has 11 heteroatoms. The van der Waals surface area contributed by atoms with E-state index in [9.17, 15) is 22.4 Å². The summed E-state index contributed by atoms with van der Waals surface area (Å²) in [6.07, 6.45) is -4.48. The van der Waals surface area contributed by atoms with Crippen LogP contribution in [0.5, 0.6) is 0 Å². The van der Waals surface area contributed by atoms with Crippen LogP contribution in [0.1, 0.15) is 6.92 Å². The number of amides is 1. The van der Waals surface area contributed by atoms with E-state index >= 15 is 0 Å². The van der Waals surface area contributed by atoms with Gasteiger partial charge < -0.3 is 11.2 Å². The Hall–Kier alpha value is -2.30. The average Bonchev–Trinajstić information content (AvgIpc) is 2.86. The Kier molecular flexibility index (Phi) is 5.32. The van der Waals surface area contributed by atoms with E-state index in [4.69, 9.17) is 5.84 Å². The van der Waals surface area contributed by atoms with Gasteiger partial charge in [0.15, 0.2) is 5.82 Å². The van der Waals surface area contributed by atoms with Crippen LogP contribution in [0.2, 0.25) is 0 Å². The number of aromatic nitrogens is 3. The molecule has 0 unspecified atom stereocenters. The molecule has 1 aromatic heterocycles. The summed E-state index contributed by atoms with van der Waals surface area (Å²) in [4.78, 5) is 11.6. The zero-order valence-corrected chi connectivity index (χ0v) is 13.2. The van der Waals surface area contributed by atoms with Gasteiger partial charge in [-0.15, -0.1) is 10.2 Å². The van der Waals surface area contributed by atoms with Crippen molar-refractivity contribution in [1.82, 2.24) is 20.2 Å². The fourth-order valence-corrected chi connectivity index (χ4v) is 2.49. The molecule has 1 atom stereocenters. The minimum absolute atomic E-state index is 0.143. The number of nitrogens with one attached hydrogen (secondary N) is 1. The van der Waals surface area contributed by atoms with Crippen molar-refractivity contribution in [2.45, 2.75) is 23.5 Å². The first kappa shape index (κ1) is 18.0. The average molecular weight is 363 g/mol. The maximum atomic E-state index is 12.9. The normalized spacial score (nSPS) is 12.9. The molecule has 1 aromatic carbocycles. The van der Waals surface area contributed by atoms with Crippen molar-refractivity contribution in [2.75, 3.05) is 12.4 Å². The molecule has 1 amide bonds. The van der Waals surface area contributed by atoms with E-state index in [2.05, 4.69) is 10.2 Å². The zero-order chi connectivity index (χ0) is 17.9. The number of hydrogen-bond acceptors (Lipinski definition) is 5. The molecule has 3 N–H and O–H groups in total. The minimum Gasteiger partial charge on any atom is -0.346 e. The first-order valence-corrected chi connectivity index (χ1v) is 7.53. The summed E-state index contributed by atoms with van der Waals surface area (Å²) in [7, 11) is 0. The summed E-state index contributed by atoms with van der Waals surface area (Å²) in [5.41, 5.74) is 0.507. The SMILES string of the molecule is C[C@@H](Sc1nnc(-c2ccc(F)cc2)n1N)C(=O)NCC(F)(F)F. The Bertz CT molecular complexity index is 716. The predicted octanol–water partition coefficient (Wildman–Crippen LogP) is 1.96. The number of nitrogens with zero attached hydrogens (tertiary/aromatic N) is 3. The van der Waals surface area contributed by atoms with E-state index in [-0.39, 0.29) is 11.0 Å². The molecule has 0 aliphatic rings. The third-order valence-electron chi connectivity index (χ3n) is 2.88. The van der Waals surface area contributed by atoms with Gasteiger partial charge in [-0.3, -0.25) is 4.79 Å². The lowest BCUT2D eigenvalue weighted by molar-refractivity contribution is -0.137. The summed E-state index contributed by atoms with van der Waals surface area (Å²) in [5, 5.41) is 8.71. The van der Waals surface area contributed by atoms with Gasteiger partial charge in [-0.05, 0) is 31.2 Å². The first-order valence-electron chi connectivity index (χ1n) is 6.65. The Morgan fingerprint density at radius 3 is 2.54 bits per heavy atom. The Balaban J connectivity index is 2.05. The summed E-state index contributed by atoms with van der Waals surface area (Å²) in [6, 6.07) is 5.36. The number of rotatable bonds is 5. The van der Waals surface area contributed by atoms with Crippen LogP contribution in [0.4, 0.5) is 17.6 Å². The number of carbonyl (C=O) groups is 1. The largest absolute Gasteiger partial charge is 0.405 e. The van der Waals surface area contributed by atoms with Crippen LogP contribution in [0.15, 0.2) is 29.4 Å². The number of nitrogens with two attached hydrogens (primary N) is 1. The van der Waals surface area contributed by atoms with Crippen molar-refractivity contribution < 1.29 is 22.4 Å². The number of benzene rings is 1. The molecule has 0 spiro atoms. The van der Waals surface area contributed by atoms with Gasteiger partial charge in [-0.1, -0.05) is 11.8 Å². The second kappa shape index (κ2) is 7.07. The van der Waals surface area contributed by atoms with Crippen LogP contribution < -0.4 is 11.2 Å². The Morgan fingerprint density at radius 1 is 1.33 bits per heavy atom. The molecule has 2 rings (SSSR count). The number of carbonyl (C=O) groups excluding carboxylic acids is 1. The fraction of sp³-hybridized carbons (Fsp3) is 0.308. The molecule has 0 fully saturated rings. The molecule has 24 heavy (non-hydrogen) atoms. The summed E-state index contributed by atoms with van der Waals surface area (Å²) < 4.78 is 50.3. The maximum Gasteiger partial charge on any atom is 0.405 e. The second-order valence-electron chi connectivity index (χ2n) is 4.78. The van der Waals surface area contributed by atoms with Crippen molar-refractivity contribution in [1.29, 1.82) is 0 Å². The van der Waals surface area contributed by atoms with Gasteiger partial charge >= 0.3 is 6.18 Å². The van der Waals surface area contributed by atoms with Gasteiger partial charge in [0.05, 0.1) is 5.25 Å². The standard InChI is InChI=1S/C13H13F4N5OS/c1-7(11(23)19-6-13(15,16)17)24-12-21-20-10(22(12)18)8-2-4-9(14)5-3-8/h2-5,7H,6,18H2,1H3,(H,19,23)/t7-/m1/s1. The minimum atomic E-state index is -4.48. The monoisotopic (exact) mass is 363 g/mol. The van der Waals surface area contributed by atoms with Crippen LogP contribution >= 0.6 is 11.8 Å². The summed E-state index contributed by atoms with van der Waals surface area (Å²) in [5.74, 6) is 4.84. The van der Waals surface area contributed by atoms with Crippen LogP contribution in [0.25, 0.3) is 11.4 Å².